The first-order valence-corrected chi connectivity index (χ1v) is 7.61. The van der Waals surface area contributed by atoms with Crippen molar-refractivity contribution < 1.29 is 0 Å². The van der Waals surface area contributed by atoms with E-state index in [1.807, 2.05) is 12.3 Å². The number of aromatic nitrogens is 1. The van der Waals surface area contributed by atoms with E-state index in [2.05, 4.69) is 80.8 Å². The molecule has 1 aromatic heterocycles. The monoisotopic (exact) mass is 336 g/mol. The van der Waals surface area contributed by atoms with Crippen molar-refractivity contribution in [2.75, 3.05) is 5.32 Å². The minimum atomic E-state index is 1.08. The van der Waals surface area contributed by atoms with Crippen molar-refractivity contribution in [1.82, 2.24) is 4.98 Å². The zero-order valence-electron chi connectivity index (χ0n) is 11.2. The van der Waals surface area contributed by atoms with Gasteiger partial charge in [0, 0.05) is 27.3 Å². The summed E-state index contributed by atoms with van der Waals surface area (Å²) in [7, 11) is 0. The van der Waals surface area contributed by atoms with Gasteiger partial charge in [-0.1, -0.05) is 46.3 Å². The maximum Gasteiger partial charge on any atom is 0.0642 e. The van der Waals surface area contributed by atoms with Crippen LogP contribution >= 0.6 is 15.9 Å². The molecule has 0 aliphatic heterocycles. The molecule has 21 heavy (non-hydrogen) atoms. The SMILES string of the molecule is Brc1ccc2[nH]cc(Nc3ccc4ccccc4c3)c2c1. The van der Waals surface area contributed by atoms with Crippen molar-refractivity contribution in [3.63, 3.8) is 0 Å². The molecule has 4 aromatic rings. The van der Waals surface area contributed by atoms with Gasteiger partial charge in [-0.15, -0.1) is 0 Å². The van der Waals surface area contributed by atoms with E-state index in [-0.39, 0.29) is 0 Å². The number of halogens is 1. The first-order valence-electron chi connectivity index (χ1n) is 6.82. The number of rotatable bonds is 2. The van der Waals surface area contributed by atoms with Crippen molar-refractivity contribution >= 4 is 49.0 Å². The molecule has 0 saturated carbocycles. The molecule has 0 aliphatic carbocycles. The van der Waals surface area contributed by atoms with Crippen LogP contribution in [0.3, 0.4) is 0 Å². The third kappa shape index (κ3) is 2.30. The van der Waals surface area contributed by atoms with Gasteiger partial charge < -0.3 is 10.3 Å². The molecule has 0 bridgehead atoms. The van der Waals surface area contributed by atoms with Gasteiger partial charge in [0.1, 0.15) is 0 Å². The molecule has 0 amide bonds. The highest BCUT2D eigenvalue weighted by Crippen LogP contribution is 2.29. The fourth-order valence-corrected chi connectivity index (χ4v) is 2.98. The maximum absolute atomic E-state index is 3.53. The number of aromatic amines is 1. The van der Waals surface area contributed by atoms with Crippen molar-refractivity contribution in [3.8, 4) is 0 Å². The van der Waals surface area contributed by atoms with E-state index in [4.69, 9.17) is 0 Å². The highest BCUT2D eigenvalue weighted by molar-refractivity contribution is 9.10. The standard InChI is InChI=1S/C18H13BrN2/c19-14-6-8-17-16(10-14)18(11-20-17)21-15-7-5-12-3-1-2-4-13(12)9-15/h1-11,20-21H. The highest BCUT2D eigenvalue weighted by Gasteiger charge is 2.05. The van der Waals surface area contributed by atoms with Crippen molar-refractivity contribution in [3.05, 3.63) is 71.3 Å². The molecule has 2 nitrogen and oxygen atoms in total. The third-order valence-electron chi connectivity index (χ3n) is 3.67. The van der Waals surface area contributed by atoms with Gasteiger partial charge in [-0.3, -0.25) is 0 Å². The largest absolute Gasteiger partial charge is 0.359 e. The second kappa shape index (κ2) is 4.93. The molecule has 102 valence electrons. The second-order valence-electron chi connectivity index (χ2n) is 5.08. The van der Waals surface area contributed by atoms with Crippen LogP contribution in [0, 0.1) is 0 Å². The number of hydrogen-bond acceptors (Lipinski definition) is 1. The van der Waals surface area contributed by atoms with Crippen LogP contribution in [0.2, 0.25) is 0 Å². The van der Waals surface area contributed by atoms with Gasteiger partial charge in [-0.25, -0.2) is 0 Å². The summed E-state index contributed by atoms with van der Waals surface area (Å²) in [5.74, 6) is 0. The van der Waals surface area contributed by atoms with Gasteiger partial charge in [0.25, 0.3) is 0 Å². The first kappa shape index (κ1) is 12.5. The molecule has 0 atom stereocenters. The average molecular weight is 337 g/mol. The van der Waals surface area contributed by atoms with Crippen LogP contribution in [0.4, 0.5) is 11.4 Å². The molecule has 1 heterocycles. The van der Waals surface area contributed by atoms with Crippen LogP contribution in [0.25, 0.3) is 21.7 Å². The van der Waals surface area contributed by atoms with E-state index in [0.29, 0.717) is 0 Å². The number of hydrogen-bond donors (Lipinski definition) is 2. The number of nitrogens with one attached hydrogen (secondary N) is 2. The van der Waals surface area contributed by atoms with Gasteiger partial charge in [0.05, 0.1) is 5.69 Å². The summed E-state index contributed by atoms with van der Waals surface area (Å²) in [6, 6.07) is 21.0. The minimum Gasteiger partial charge on any atom is -0.359 e. The summed E-state index contributed by atoms with van der Waals surface area (Å²) in [6.07, 6.45) is 2.01. The smallest absolute Gasteiger partial charge is 0.0642 e. The van der Waals surface area contributed by atoms with Crippen LogP contribution < -0.4 is 5.32 Å². The Morgan fingerprint density at radius 1 is 0.857 bits per heavy atom. The molecule has 0 spiro atoms. The molecule has 0 unspecified atom stereocenters. The van der Waals surface area contributed by atoms with E-state index in [1.54, 1.807) is 0 Å². The Labute approximate surface area is 130 Å². The summed E-state index contributed by atoms with van der Waals surface area (Å²) in [5, 5.41) is 7.17. The number of H-pyrrole nitrogens is 1. The summed E-state index contributed by atoms with van der Waals surface area (Å²) in [5.41, 5.74) is 3.30. The highest BCUT2D eigenvalue weighted by atomic mass is 79.9. The number of benzene rings is 3. The van der Waals surface area contributed by atoms with Crippen LogP contribution in [-0.2, 0) is 0 Å². The van der Waals surface area contributed by atoms with E-state index in [0.717, 1.165) is 21.4 Å². The minimum absolute atomic E-state index is 1.08. The normalized spacial score (nSPS) is 11.1. The fraction of sp³-hybridized carbons (Fsp3) is 0. The lowest BCUT2D eigenvalue weighted by molar-refractivity contribution is 1.46. The molecule has 3 heteroatoms. The Balaban J connectivity index is 1.77. The zero-order valence-corrected chi connectivity index (χ0v) is 12.8. The molecule has 0 radical (unpaired) electrons. The molecule has 2 N–H and O–H groups in total. The van der Waals surface area contributed by atoms with Gasteiger partial charge in [-0.05, 0) is 41.1 Å². The van der Waals surface area contributed by atoms with Gasteiger partial charge in [0.15, 0.2) is 0 Å². The average Bonchev–Trinajstić information content (AvgIpc) is 2.89. The van der Waals surface area contributed by atoms with Crippen molar-refractivity contribution in [1.29, 1.82) is 0 Å². The molecule has 0 fully saturated rings. The van der Waals surface area contributed by atoms with E-state index in [1.165, 1.54) is 16.2 Å². The predicted molar refractivity (Wildman–Crippen MR) is 93.2 cm³/mol. The number of fused-ring (bicyclic) bond motifs is 2. The van der Waals surface area contributed by atoms with Crippen molar-refractivity contribution in [2.24, 2.45) is 0 Å². The Morgan fingerprint density at radius 3 is 2.62 bits per heavy atom. The lowest BCUT2D eigenvalue weighted by Crippen LogP contribution is -1.88. The van der Waals surface area contributed by atoms with Crippen LogP contribution in [0.1, 0.15) is 0 Å². The first-order chi connectivity index (χ1) is 10.3. The molecular weight excluding hydrogens is 324 g/mol. The lowest BCUT2D eigenvalue weighted by Gasteiger charge is -2.07. The Hall–Kier alpha value is -2.26. The Bertz CT molecular complexity index is 940. The summed E-state index contributed by atoms with van der Waals surface area (Å²) >= 11 is 3.53. The molecule has 4 rings (SSSR count). The summed E-state index contributed by atoms with van der Waals surface area (Å²) in [4.78, 5) is 3.29. The van der Waals surface area contributed by atoms with Gasteiger partial charge in [0.2, 0.25) is 0 Å². The molecular formula is C18H13BrN2. The fourth-order valence-electron chi connectivity index (χ4n) is 2.62. The van der Waals surface area contributed by atoms with Crippen LogP contribution in [0.5, 0.6) is 0 Å². The topological polar surface area (TPSA) is 27.8 Å². The summed E-state index contributed by atoms with van der Waals surface area (Å²) < 4.78 is 1.08. The summed E-state index contributed by atoms with van der Waals surface area (Å²) in [6.45, 7) is 0. The van der Waals surface area contributed by atoms with Crippen LogP contribution in [-0.4, -0.2) is 4.98 Å². The molecule has 3 aromatic carbocycles. The maximum atomic E-state index is 3.53. The van der Waals surface area contributed by atoms with E-state index < -0.39 is 0 Å². The van der Waals surface area contributed by atoms with Gasteiger partial charge in [-0.2, -0.15) is 0 Å². The zero-order chi connectivity index (χ0) is 14.2. The van der Waals surface area contributed by atoms with Crippen LogP contribution in [0.15, 0.2) is 71.3 Å². The molecule has 0 aliphatic rings. The predicted octanol–water partition coefficient (Wildman–Crippen LogP) is 5.83. The van der Waals surface area contributed by atoms with Gasteiger partial charge >= 0.3 is 0 Å². The molecule has 0 saturated heterocycles. The second-order valence-corrected chi connectivity index (χ2v) is 5.99. The Kier molecular flexibility index (Phi) is 2.93. The van der Waals surface area contributed by atoms with Crippen molar-refractivity contribution in [2.45, 2.75) is 0 Å². The quantitative estimate of drug-likeness (QED) is 0.473. The van der Waals surface area contributed by atoms with E-state index >= 15 is 0 Å². The van der Waals surface area contributed by atoms with E-state index in [9.17, 15) is 0 Å². The number of anilines is 2. The third-order valence-corrected chi connectivity index (χ3v) is 4.17. The lowest BCUT2D eigenvalue weighted by atomic mass is 10.1. The Morgan fingerprint density at radius 2 is 1.71 bits per heavy atom.